The Bertz CT molecular complexity index is 210. The molecule has 4 nitrogen and oxygen atoms in total. The molecule has 0 rings (SSSR count). The lowest BCUT2D eigenvalue weighted by Crippen LogP contribution is -2.39. The van der Waals surface area contributed by atoms with Crippen LogP contribution in [0.15, 0.2) is 0 Å². The van der Waals surface area contributed by atoms with E-state index < -0.39 is 0 Å². The predicted molar refractivity (Wildman–Crippen MR) is 55.7 cm³/mol. The van der Waals surface area contributed by atoms with Crippen LogP contribution < -0.4 is 5.32 Å². The van der Waals surface area contributed by atoms with Gasteiger partial charge in [0, 0.05) is 20.1 Å². The first kappa shape index (κ1) is 12.8. The number of nitrogens with zero attached hydrogens (tertiary/aromatic N) is 2. The summed E-state index contributed by atoms with van der Waals surface area (Å²) in [5.41, 5.74) is 0. The highest BCUT2D eigenvalue weighted by Crippen LogP contribution is 1.96. The molecule has 2 amide bonds. The Balaban J connectivity index is 3.71. The summed E-state index contributed by atoms with van der Waals surface area (Å²) in [6.45, 7) is 5.07. The van der Waals surface area contributed by atoms with E-state index in [0.717, 1.165) is 12.8 Å². The van der Waals surface area contributed by atoms with Crippen LogP contribution in [0, 0.1) is 17.2 Å². The number of carbonyl (C=O) groups excluding carboxylic acids is 1. The zero-order valence-corrected chi connectivity index (χ0v) is 9.21. The second kappa shape index (κ2) is 7.19. The highest BCUT2D eigenvalue weighted by atomic mass is 16.2. The number of nitriles is 1. The first-order valence-electron chi connectivity index (χ1n) is 5.00. The molecule has 0 saturated carbocycles. The number of hydrogen-bond acceptors (Lipinski definition) is 2. The van der Waals surface area contributed by atoms with Crippen molar-refractivity contribution < 1.29 is 4.79 Å². The molecule has 0 aliphatic heterocycles. The Morgan fingerprint density at radius 1 is 1.64 bits per heavy atom. The first-order valence-corrected chi connectivity index (χ1v) is 5.00. The van der Waals surface area contributed by atoms with Gasteiger partial charge in [-0.2, -0.15) is 5.26 Å². The molecular formula is C10H19N3O. The average molecular weight is 197 g/mol. The standard InChI is InChI=1S/C10H19N3O/c1-4-5-6-12-10(14)13(3)8-9(2)7-11/h9H,4-6,8H2,1-3H3,(H,12,14). The Hall–Kier alpha value is -1.24. The molecule has 14 heavy (non-hydrogen) atoms. The third kappa shape index (κ3) is 5.41. The van der Waals surface area contributed by atoms with Gasteiger partial charge in [-0.15, -0.1) is 0 Å². The molecule has 0 saturated heterocycles. The lowest BCUT2D eigenvalue weighted by Gasteiger charge is -2.18. The fraction of sp³-hybridized carbons (Fsp3) is 0.800. The van der Waals surface area contributed by atoms with Crippen LogP contribution in [0.2, 0.25) is 0 Å². The molecule has 0 aromatic rings. The second-order valence-electron chi connectivity index (χ2n) is 3.50. The molecule has 0 aromatic carbocycles. The van der Waals surface area contributed by atoms with E-state index in [2.05, 4.69) is 18.3 Å². The molecule has 0 radical (unpaired) electrons. The van der Waals surface area contributed by atoms with Crippen molar-refractivity contribution >= 4 is 6.03 Å². The maximum atomic E-state index is 11.4. The average Bonchev–Trinajstić information content (AvgIpc) is 2.17. The molecule has 4 heteroatoms. The van der Waals surface area contributed by atoms with Crippen LogP contribution in [-0.4, -0.2) is 31.1 Å². The van der Waals surface area contributed by atoms with Gasteiger partial charge in [-0.3, -0.25) is 0 Å². The quantitative estimate of drug-likeness (QED) is 0.680. The normalized spacial score (nSPS) is 11.6. The summed E-state index contributed by atoms with van der Waals surface area (Å²) < 4.78 is 0. The highest BCUT2D eigenvalue weighted by Gasteiger charge is 2.10. The molecule has 80 valence electrons. The molecule has 0 bridgehead atoms. The largest absolute Gasteiger partial charge is 0.338 e. The Kier molecular flexibility index (Phi) is 6.55. The number of carbonyl (C=O) groups is 1. The fourth-order valence-electron chi connectivity index (χ4n) is 1.04. The van der Waals surface area contributed by atoms with E-state index in [0.29, 0.717) is 13.1 Å². The second-order valence-corrected chi connectivity index (χ2v) is 3.50. The third-order valence-electron chi connectivity index (χ3n) is 1.92. The lowest BCUT2D eigenvalue weighted by atomic mass is 10.2. The molecule has 0 heterocycles. The van der Waals surface area contributed by atoms with Gasteiger partial charge in [0.25, 0.3) is 0 Å². The minimum absolute atomic E-state index is 0.0967. The van der Waals surface area contributed by atoms with Crippen molar-refractivity contribution in [2.75, 3.05) is 20.1 Å². The van der Waals surface area contributed by atoms with E-state index in [1.807, 2.05) is 0 Å². The van der Waals surface area contributed by atoms with Gasteiger partial charge in [-0.05, 0) is 13.3 Å². The lowest BCUT2D eigenvalue weighted by molar-refractivity contribution is 0.205. The molecule has 0 fully saturated rings. The van der Waals surface area contributed by atoms with Gasteiger partial charge in [-0.1, -0.05) is 13.3 Å². The highest BCUT2D eigenvalue weighted by molar-refractivity contribution is 5.73. The summed E-state index contributed by atoms with van der Waals surface area (Å²) in [5.74, 6) is -0.114. The SMILES string of the molecule is CCCCNC(=O)N(C)CC(C)C#N. The zero-order chi connectivity index (χ0) is 11.0. The number of rotatable bonds is 5. The van der Waals surface area contributed by atoms with Crippen molar-refractivity contribution in [1.29, 1.82) is 5.26 Å². The van der Waals surface area contributed by atoms with Crippen molar-refractivity contribution in [2.45, 2.75) is 26.7 Å². The van der Waals surface area contributed by atoms with Crippen molar-refractivity contribution in [2.24, 2.45) is 5.92 Å². The van der Waals surface area contributed by atoms with E-state index in [-0.39, 0.29) is 11.9 Å². The summed E-state index contributed by atoms with van der Waals surface area (Å²) in [4.78, 5) is 12.9. The van der Waals surface area contributed by atoms with Crippen LogP contribution >= 0.6 is 0 Å². The minimum Gasteiger partial charge on any atom is -0.338 e. The van der Waals surface area contributed by atoms with Gasteiger partial charge in [0.1, 0.15) is 0 Å². The number of amides is 2. The summed E-state index contributed by atoms with van der Waals surface area (Å²) in [6.07, 6.45) is 2.06. The van der Waals surface area contributed by atoms with E-state index in [1.165, 1.54) is 0 Å². The van der Waals surface area contributed by atoms with Crippen LogP contribution in [0.1, 0.15) is 26.7 Å². The Labute approximate surface area is 85.9 Å². The summed E-state index contributed by atoms with van der Waals surface area (Å²) in [7, 11) is 1.70. The molecule has 0 aromatic heterocycles. The van der Waals surface area contributed by atoms with Crippen molar-refractivity contribution in [3.05, 3.63) is 0 Å². The maximum absolute atomic E-state index is 11.4. The van der Waals surface area contributed by atoms with Crippen LogP contribution in [-0.2, 0) is 0 Å². The van der Waals surface area contributed by atoms with E-state index in [9.17, 15) is 4.79 Å². The molecule has 1 N–H and O–H groups in total. The molecule has 0 aliphatic rings. The van der Waals surface area contributed by atoms with E-state index in [4.69, 9.17) is 5.26 Å². The van der Waals surface area contributed by atoms with Crippen LogP contribution in [0.3, 0.4) is 0 Å². The zero-order valence-electron chi connectivity index (χ0n) is 9.21. The van der Waals surface area contributed by atoms with Crippen molar-refractivity contribution in [1.82, 2.24) is 10.2 Å². The number of urea groups is 1. The molecule has 1 unspecified atom stereocenters. The van der Waals surface area contributed by atoms with Gasteiger partial charge < -0.3 is 10.2 Å². The Morgan fingerprint density at radius 3 is 2.79 bits per heavy atom. The topological polar surface area (TPSA) is 56.1 Å². The van der Waals surface area contributed by atoms with Gasteiger partial charge in [0.2, 0.25) is 0 Å². The molecule has 0 aliphatic carbocycles. The monoisotopic (exact) mass is 197 g/mol. The summed E-state index contributed by atoms with van der Waals surface area (Å²) in [5, 5.41) is 11.4. The van der Waals surface area contributed by atoms with Crippen molar-refractivity contribution in [3.63, 3.8) is 0 Å². The van der Waals surface area contributed by atoms with Crippen LogP contribution in [0.5, 0.6) is 0 Å². The third-order valence-corrected chi connectivity index (χ3v) is 1.92. The van der Waals surface area contributed by atoms with Gasteiger partial charge in [0.15, 0.2) is 0 Å². The number of nitrogens with one attached hydrogen (secondary N) is 1. The minimum atomic E-state index is -0.114. The molecule has 1 atom stereocenters. The van der Waals surface area contributed by atoms with Crippen LogP contribution in [0.25, 0.3) is 0 Å². The van der Waals surface area contributed by atoms with Gasteiger partial charge >= 0.3 is 6.03 Å². The Morgan fingerprint density at radius 2 is 2.29 bits per heavy atom. The first-order chi connectivity index (χ1) is 6.61. The predicted octanol–water partition coefficient (Wildman–Crippen LogP) is 1.59. The summed E-state index contributed by atoms with van der Waals surface area (Å²) >= 11 is 0. The number of hydrogen-bond donors (Lipinski definition) is 1. The van der Waals surface area contributed by atoms with E-state index >= 15 is 0 Å². The smallest absolute Gasteiger partial charge is 0.317 e. The van der Waals surface area contributed by atoms with Gasteiger partial charge in [0.05, 0.1) is 12.0 Å². The maximum Gasteiger partial charge on any atom is 0.317 e. The number of unbranched alkanes of at least 4 members (excludes halogenated alkanes) is 1. The molecule has 0 spiro atoms. The van der Waals surface area contributed by atoms with E-state index in [1.54, 1.807) is 18.9 Å². The van der Waals surface area contributed by atoms with Crippen LogP contribution in [0.4, 0.5) is 4.79 Å². The van der Waals surface area contributed by atoms with Crippen molar-refractivity contribution in [3.8, 4) is 6.07 Å². The fourth-order valence-corrected chi connectivity index (χ4v) is 1.04. The van der Waals surface area contributed by atoms with Gasteiger partial charge in [-0.25, -0.2) is 4.79 Å². The summed E-state index contributed by atoms with van der Waals surface area (Å²) in [6, 6.07) is 2.00. The molecular weight excluding hydrogens is 178 g/mol.